The van der Waals surface area contributed by atoms with Crippen molar-refractivity contribution < 1.29 is 14.3 Å². The van der Waals surface area contributed by atoms with Gasteiger partial charge in [-0.3, -0.25) is 4.79 Å². The van der Waals surface area contributed by atoms with Gasteiger partial charge in [0.05, 0.1) is 5.60 Å². The molecule has 0 fully saturated rings. The van der Waals surface area contributed by atoms with E-state index in [1.807, 2.05) is 30.3 Å². The Bertz CT molecular complexity index is 1090. The molecule has 3 rings (SSSR count). The molecule has 6 nitrogen and oxygen atoms in total. The van der Waals surface area contributed by atoms with Gasteiger partial charge >= 0.3 is 0 Å². The molecule has 0 radical (unpaired) electrons. The molecular formula is C26H33N3O3. The lowest BCUT2D eigenvalue weighted by Crippen LogP contribution is -2.24. The van der Waals surface area contributed by atoms with E-state index in [-0.39, 0.29) is 5.91 Å². The molecule has 0 aliphatic rings. The first-order chi connectivity index (χ1) is 15.1. The molecule has 0 saturated carbocycles. The number of hydrogen-bond acceptors (Lipinski definition) is 5. The number of aliphatic hydroxyl groups is 1. The molecule has 1 aromatic heterocycles. The first-order valence-electron chi connectivity index (χ1n) is 10.7. The van der Waals surface area contributed by atoms with Crippen LogP contribution >= 0.6 is 0 Å². The first-order valence-corrected chi connectivity index (χ1v) is 10.7. The number of carbonyl (C=O) groups is 1. The number of carbonyl (C=O) groups excluding carboxylic acids is 1. The zero-order valence-corrected chi connectivity index (χ0v) is 19.8. The smallest absolute Gasteiger partial charge is 0.271 e. The maximum atomic E-state index is 12.4. The number of amides is 1. The highest BCUT2D eigenvalue weighted by Crippen LogP contribution is 2.32. The number of nitrogens with one attached hydrogen (secondary N) is 1. The summed E-state index contributed by atoms with van der Waals surface area (Å²) >= 11 is 0. The zero-order valence-electron chi connectivity index (χ0n) is 19.8. The Hall–Kier alpha value is -3.38. The van der Waals surface area contributed by atoms with E-state index in [1.165, 1.54) is 6.42 Å². The number of aromatic nitrogens is 1. The van der Waals surface area contributed by atoms with Crippen molar-refractivity contribution in [3.63, 3.8) is 0 Å². The van der Waals surface area contributed by atoms with Crippen molar-refractivity contribution in [2.24, 2.45) is 0 Å². The van der Waals surface area contributed by atoms with Gasteiger partial charge in [-0.25, -0.2) is 4.98 Å². The van der Waals surface area contributed by atoms with Crippen molar-refractivity contribution in [2.75, 3.05) is 19.4 Å². The molecule has 0 atom stereocenters. The Labute approximate surface area is 190 Å². The summed E-state index contributed by atoms with van der Waals surface area (Å²) in [4.78, 5) is 18.7. The zero-order chi connectivity index (χ0) is 23.9. The second-order valence-corrected chi connectivity index (χ2v) is 8.15. The fourth-order valence-corrected chi connectivity index (χ4v) is 2.99. The molecule has 2 aromatic carbocycles. The number of hydrogen-bond donors (Lipinski definition) is 2. The van der Waals surface area contributed by atoms with Gasteiger partial charge in [0.2, 0.25) is 5.89 Å². The topological polar surface area (TPSA) is 78.6 Å². The van der Waals surface area contributed by atoms with E-state index in [0.717, 1.165) is 5.56 Å². The maximum absolute atomic E-state index is 12.4. The normalized spacial score (nSPS) is 11.5. The average Bonchev–Trinajstić information content (AvgIpc) is 3.16. The second-order valence-electron chi connectivity index (χ2n) is 8.15. The van der Waals surface area contributed by atoms with Crippen LogP contribution in [-0.2, 0) is 10.4 Å². The number of likely N-dealkylation sites (N-methyl/N-ethyl adjacent to an activating group) is 1. The number of allylic oxidation sites excluding steroid dienone is 2. The minimum atomic E-state index is -1.03. The third-order valence-electron chi connectivity index (χ3n) is 4.45. The van der Waals surface area contributed by atoms with E-state index >= 15 is 0 Å². The van der Waals surface area contributed by atoms with Gasteiger partial charge in [0.1, 0.15) is 11.2 Å². The number of fused-ring (bicyclic) bond motifs is 1. The molecule has 32 heavy (non-hydrogen) atoms. The quantitative estimate of drug-likeness (QED) is 0.383. The van der Waals surface area contributed by atoms with Crippen molar-refractivity contribution in [2.45, 2.75) is 39.7 Å². The predicted molar refractivity (Wildman–Crippen MR) is 131 cm³/mol. The van der Waals surface area contributed by atoms with Crippen LogP contribution in [0.15, 0.2) is 71.3 Å². The van der Waals surface area contributed by atoms with Gasteiger partial charge in [0.15, 0.2) is 5.58 Å². The van der Waals surface area contributed by atoms with Crippen molar-refractivity contribution in [3.8, 4) is 11.5 Å². The van der Waals surface area contributed by atoms with Crippen molar-refractivity contribution in [1.82, 2.24) is 9.88 Å². The second kappa shape index (κ2) is 10.8. The molecule has 3 aromatic rings. The molecule has 0 spiro atoms. The SMILES string of the molecule is C=C/C=C(/C(=O)Nc1ccc(-c2nc3cccc(C(C)(C)O)c3o2)cc1)N(C)C.CCC. The minimum absolute atomic E-state index is 0.223. The van der Waals surface area contributed by atoms with E-state index < -0.39 is 5.60 Å². The Morgan fingerprint density at radius 3 is 2.34 bits per heavy atom. The van der Waals surface area contributed by atoms with Gasteiger partial charge in [-0.1, -0.05) is 45.1 Å². The van der Waals surface area contributed by atoms with Crippen LogP contribution in [0.2, 0.25) is 0 Å². The predicted octanol–water partition coefficient (Wildman–Crippen LogP) is 5.71. The number of nitrogens with zero attached hydrogens (tertiary/aromatic N) is 2. The van der Waals surface area contributed by atoms with Gasteiger partial charge in [-0.15, -0.1) is 0 Å². The molecule has 0 aliphatic carbocycles. The number of anilines is 1. The van der Waals surface area contributed by atoms with E-state index in [9.17, 15) is 9.90 Å². The molecule has 1 heterocycles. The van der Waals surface area contributed by atoms with Crippen LogP contribution in [0, 0.1) is 0 Å². The summed E-state index contributed by atoms with van der Waals surface area (Å²) in [5.74, 6) is 0.231. The fraction of sp³-hybridized carbons (Fsp3) is 0.308. The van der Waals surface area contributed by atoms with E-state index in [1.54, 1.807) is 57.1 Å². The first kappa shape index (κ1) is 24.9. The van der Waals surface area contributed by atoms with E-state index in [0.29, 0.717) is 33.9 Å². The highest BCUT2D eigenvalue weighted by atomic mass is 16.4. The summed E-state index contributed by atoms with van der Waals surface area (Å²) in [5.41, 5.74) is 2.83. The Balaban J connectivity index is 0.00000114. The van der Waals surface area contributed by atoms with Crippen LogP contribution in [0.25, 0.3) is 22.6 Å². The Morgan fingerprint density at radius 1 is 1.19 bits per heavy atom. The Kier molecular flexibility index (Phi) is 8.38. The van der Waals surface area contributed by atoms with Gasteiger partial charge in [-0.05, 0) is 50.3 Å². The lowest BCUT2D eigenvalue weighted by atomic mass is 9.98. The summed E-state index contributed by atoms with van der Waals surface area (Å²) in [6.45, 7) is 11.3. The van der Waals surface area contributed by atoms with Crippen LogP contribution < -0.4 is 5.32 Å². The molecule has 2 N–H and O–H groups in total. The molecule has 6 heteroatoms. The largest absolute Gasteiger partial charge is 0.436 e. The molecule has 170 valence electrons. The highest BCUT2D eigenvalue weighted by molar-refractivity contribution is 6.03. The fourth-order valence-electron chi connectivity index (χ4n) is 2.99. The monoisotopic (exact) mass is 435 g/mol. The number of benzene rings is 2. The lowest BCUT2D eigenvalue weighted by Gasteiger charge is -2.17. The third kappa shape index (κ3) is 6.08. The molecule has 1 amide bonds. The summed E-state index contributed by atoms with van der Waals surface area (Å²) in [7, 11) is 3.60. The van der Waals surface area contributed by atoms with Crippen LogP contribution in [0.5, 0.6) is 0 Å². The molecule has 0 bridgehead atoms. The Morgan fingerprint density at radius 2 is 1.81 bits per heavy atom. The van der Waals surface area contributed by atoms with Gasteiger partial charge in [-0.2, -0.15) is 0 Å². The molecule has 0 aliphatic heterocycles. The lowest BCUT2D eigenvalue weighted by molar-refractivity contribution is -0.114. The van der Waals surface area contributed by atoms with Gasteiger partial charge in [0.25, 0.3) is 5.91 Å². The number of oxazole rings is 1. The average molecular weight is 436 g/mol. The van der Waals surface area contributed by atoms with Crippen LogP contribution in [0.3, 0.4) is 0 Å². The molecule has 0 saturated heterocycles. The number of para-hydroxylation sites is 1. The highest BCUT2D eigenvalue weighted by Gasteiger charge is 2.22. The van der Waals surface area contributed by atoms with Gasteiger partial charge in [0, 0.05) is 30.9 Å². The summed E-state index contributed by atoms with van der Waals surface area (Å²) < 4.78 is 5.95. The van der Waals surface area contributed by atoms with Crippen molar-refractivity contribution in [1.29, 1.82) is 0 Å². The summed E-state index contributed by atoms with van der Waals surface area (Å²) in [6.07, 6.45) is 4.48. The third-order valence-corrected chi connectivity index (χ3v) is 4.45. The van der Waals surface area contributed by atoms with Crippen LogP contribution in [0.4, 0.5) is 5.69 Å². The standard InChI is InChI=1S/C23H25N3O3.C3H8/c1-6-8-19(26(4)5)21(27)24-16-13-11-15(12-14-16)22-25-18-10-7-9-17(20(18)29-22)23(2,3)28;1-3-2/h6-14,28H,1H2,2-5H3,(H,24,27);3H2,1-2H3/b19-8-;. The molecular weight excluding hydrogens is 402 g/mol. The van der Waals surface area contributed by atoms with Crippen LogP contribution in [-0.4, -0.2) is 35.0 Å². The van der Waals surface area contributed by atoms with Crippen molar-refractivity contribution in [3.05, 3.63) is 72.5 Å². The number of rotatable bonds is 6. The van der Waals surface area contributed by atoms with E-state index in [4.69, 9.17) is 4.42 Å². The molecule has 0 unspecified atom stereocenters. The van der Waals surface area contributed by atoms with Gasteiger partial charge < -0.3 is 19.7 Å². The van der Waals surface area contributed by atoms with E-state index in [2.05, 4.69) is 30.7 Å². The van der Waals surface area contributed by atoms with Crippen LogP contribution in [0.1, 0.15) is 39.7 Å². The maximum Gasteiger partial charge on any atom is 0.271 e. The summed E-state index contributed by atoms with van der Waals surface area (Å²) in [5, 5.41) is 13.2. The van der Waals surface area contributed by atoms with Crippen molar-refractivity contribution >= 4 is 22.7 Å². The summed E-state index contributed by atoms with van der Waals surface area (Å²) in [6, 6.07) is 12.8. The minimum Gasteiger partial charge on any atom is -0.436 e.